The number of fused-ring (bicyclic) bond motifs is 1. The normalized spacial score (nSPS) is 41.6. The molecule has 96 valence electrons. The van der Waals surface area contributed by atoms with Crippen molar-refractivity contribution in [3.8, 4) is 0 Å². The number of nitrogens with zero attached hydrogens (tertiary/aromatic N) is 1. The number of rotatable bonds is 1. The zero-order valence-electron chi connectivity index (χ0n) is 10.8. The van der Waals surface area contributed by atoms with Gasteiger partial charge in [0.05, 0.1) is 5.92 Å². The Kier molecular flexibility index (Phi) is 3.12. The molecule has 3 heteroatoms. The molecule has 3 fully saturated rings. The van der Waals surface area contributed by atoms with E-state index in [2.05, 4.69) is 17.1 Å². The Balaban J connectivity index is 1.72. The van der Waals surface area contributed by atoms with Crippen molar-refractivity contribution in [1.29, 1.82) is 0 Å². The second-order valence-electron chi connectivity index (χ2n) is 6.07. The minimum atomic E-state index is 0.245. The first-order chi connectivity index (χ1) is 8.27. The molecule has 1 amide bonds. The molecule has 0 radical (unpaired) electrons. The fourth-order valence-corrected chi connectivity index (χ4v) is 4.14. The Morgan fingerprint density at radius 3 is 2.76 bits per heavy atom. The third kappa shape index (κ3) is 1.99. The lowest BCUT2D eigenvalue weighted by Crippen LogP contribution is -2.50. The van der Waals surface area contributed by atoms with Gasteiger partial charge in [0.15, 0.2) is 0 Å². The van der Waals surface area contributed by atoms with Crippen LogP contribution in [0.25, 0.3) is 0 Å². The maximum atomic E-state index is 12.6. The number of amides is 1. The molecule has 3 aliphatic rings. The van der Waals surface area contributed by atoms with Crippen molar-refractivity contribution in [3.63, 3.8) is 0 Å². The summed E-state index contributed by atoms with van der Waals surface area (Å²) >= 11 is 0. The summed E-state index contributed by atoms with van der Waals surface area (Å²) in [6.45, 7) is 4.19. The van der Waals surface area contributed by atoms with Crippen LogP contribution in [0.2, 0.25) is 0 Å². The van der Waals surface area contributed by atoms with Gasteiger partial charge >= 0.3 is 0 Å². The van der Waals surface area contributed by atoms with Crippen LogP contribution in [0.15, 0.2) is 0 Å². The first kappa shape index (κ1) is 11.5. The molecule has 0 spiro atoms. The van der Waals surface area contributed by atoms with Gasteiger partial charge in [-0.2, -0.15) is 0 Å². The van der Waals surface area contributed by atoms with Crippen LogP contribution >= 0.6 is 0 Å². The van der Waals surface area contributed by atoms with Crippen molar-refractivity contribution >= 4 is 5.91 Å². The van der Waals surface area contributed by atoms with Crippen molar-refractivity contribution < 1.29 is 4.79 Å². The number of hydrogen-bond donors (Lipinski definition) is 1. The first-order valence-electron chi connectivity index (χ1n) is 7.31. The fourth-order valence-electron chi connectivity index (χ4n) is 4.14. The molecule has 1 saturated carbocycles. The molecule has 0 aromatic heterocycles. The molecule has 0 aromatic carbocycles. The Morgan fingerprint density at radius 2 is 2.00 bits per heavy atom. The lowest BCUT2D eigenvalue weighted by molar-refractivity contribution is -0.140. The summed E-state index contributed by atoms with van der Waals surface area (Å²) in [5, 5.41) is 3.40. The summed E-state index contributed by atoms with van der Waals surface area (Å²) in [6.07, 6.45) is 7.55. The van der Waals surface area contributed by atoms with E-state index in [0.717, 1.165) is 25.4 Å². The highest BCUT2D eigenvalue weighted by Gasteiger charge is 2.41. The number of hydrogen-bond acceptors (Lipinski definition) is 2. The number of nitrogens with one attached hydrogen (secondary N) is 1. The van der Waals surface area contributed by atoms with Crippen molar-refractivity contribution in [2.45, 2.75) is 57.5 Å². The van der Waals surface area contributed by atoms with Crippen LogP contribution in [0, 0.1) is 11.8 Å². The van der Waals surface area contributed by atoms with Gasteiger partial charge in [-0.05, 0) is 51.5 Å². The van der Waals surface area contributed by atoms with Gasteiger partial charge in [-0.15, -0.1) is 0 Å². The molecular weight excluding hydrogens is 212 g/mol. The summed E-state index contributed by atoms with van der Waals surface area (Å²) in [4.78, 5) is 14.9. The molecule has 1 aliphatic carbocycles. The minimum Gasteiger partial charge on any atom is -0.339 e. The van der Waals surface area contributed by atoms with E-state index in [1.54, 1.807) is 0 Å². The van der Waals surface area contributed by atoms with Crippen molar-refractivity contribution in [1.82, 2.24) is 10.2 Å². The van der Waals surface area contributed by atoms with E-state index in [4.69, 9.17) is 0 Å². The first-order valence-corrected chi connectivity index (χ1v) is 7.31. The molecule has 4 unspecified atom stereocenters. The fraction of sp³-hybridized carbons (Fsp3) is 0.929. The summed E-state index contributed by atoms with van der Waals surface area (Å²) in [5.41, 5.74) is 0. The Bertz CT molecular complexity index is 305. The van der Waals surface area contributed by atoms with Crippen LogP contribution in [-0.2, 0) is 4.79 Å². The Morgan fingerprint density at radius 1 is 1.18 bits per heavy atom. The molecule has 2 saturated heterocycles. The van der Waals surface area contributed by atoms with E-state index in [9.17, 15) is 4.79 Å². The molecular formula is C14H24N2O. The molecule has 17 heavy (non-hydrogen) atoms. The molecule has 0 aromatic rings. The molecule has 3 rings (SSSR count). The van der Waals surface area contributed by atoms with Crippen molar-refractivity contribution in [2.75, 3.05) is 13.1 Å². The topological polar surface area (TPSA) is 32.3 Å². The predicted molar refractivity (Wildman–Crippen MR) is 67.6 cm³/mol. The highest BCUT2D eigenvalue weighted by atomic mass is 16.2. The van der Waals surface area contributed by atoms with Gasteiger partial charge in [0.1, 0.15) is 0 Å². The summed E-state index contributed by atoms with van der Waals surface area (Å²) in [6, 6.07) is 0.966. The second kappa shape index (κ2) is 4.60. The van der Waals surface area contributed by atoms with Crippen LogP contribution in [0.3, 0.4) is 0 Å². The smallest absolute Gasteiger partial charge is 0.227 e. The van der Waals surface area contributed by atoms with Crippen LogP contribution in [0.5, 0.6) is 0 Å². The van der Waals surface area contributed by atoms with E-state index in [1.807, 2.05) is 0 Å². The highest BCUT2D eigenvalue weighted by molar-refractivity contribution is 5.80. The summed E-state index contributed by atoms with van der Waals surface area (Å²) in [7, 11) is 0. The van der Waals surface area contributed by atoms with E-state index in [1.165, 1.54) is 32.1 Å². The molecule has 3 nitrogen and oxygen atoms in total. The number of carbonyl (C=O) groups excluding carboxylic acids is 1. The third-order valence-electron chi connectivity index (χ3n) is 5.12. The van der Waals surface area contributed by atoms with Crippen LogP contribution in [-0.4, -0.2) is 36.0 Å². The molecule has 2 heterocycles. The van der Waals surface area contributed by atoms with E-state index >= 15 is 0 Å². The maximum Gasteiger partial charge on any atom is 0.227 e. The second-order valence-corrected chi connectivity index (χ2v) is 6.07. The Labute approximate surface area is 104 Å². The molecule has 2 aliphatic heterocycles. The van der Waals surface area contributed by atoms with Crippen LogP contribution < -0.4 is 5.32 Å². The summed E-state index contributed by atoms with van der Waals surface area (Å²) in [5.74, 6) is 1.51. The highest BCUT2D eigenvalue weighted by Crippen LogP contribution is 2.38. The molecule has 1 N–H and O–H groups in total. The summed E-state index contributed by atoms with van der Waals surface area (Å²) < 4.78 is 0. The monoisotopic (exact) mass is 236 g/mol. The van der Waals surface area contributed by atoms with Gasteiger partial charge in [-0.1, -0.05) is 6.42 Å². The quantitative estimate of drug-likeness (QED) is 0.752. The van der Waals surface area contributed by atoms with E-state index < -0.39 is 0 Å². The van der Waals surface area contributed by atoms with Gasteiger partial charge in [-0.25, -0.2) is 0 Å². The zero-order valence-corrected chi connectivity index (χ0v) is 10.8. The van der Waals surface area contributed by atoms with Gasteiger partial charge in [0.25, 0.3) is 0 Å². The third-order valence-corrected chi connectivity index (χ3v) is 5.12. The predicted octanol–water partition coefficient (Wildman–Crippen LogP) is 1.78. The number of carbonyl (C=O) groups is 1. The van der Waals surface area contributed by atoms with Gasteiger partial charge in [0, 0.05) is 18.6 Å². The van der Waals surface area contributed by atoms with E-state index in [-0.39, 0.29) is 5.92 Å². The maximum absolute atomic E-state index is 12.6. The average molecular weight is 236 g/mol. The number of piperidine rings is 1. The number of likely N-dealkylation sites (tertiary alicyclic amines) is 1. The van der Waals surface area contributed by atoms with Gasteiger partial charge in [0.2, 0.25) is 5.91 Å². The van der Waals surface area contributed by atoms with Crippen molar-refractivity contribution in [3.05, 3.63) is 0 Å². The van der Waals surface area contributed by atoms with E-state index in [0.29, 0.717) is 18.0 Å². The van der Waals surface area contributed by atoms with Crippen molar-refractivity contribution in [2.24, 2.45) is 11.8 Å². The standard InChI is InChI=1S/C14H24N2O/c1-10-12(7-8-15-10)14(17)16-9-3-5-11-4-2-6-13(11)16/h10-13,15H,2-9H2,1H3. The molecule has 4 atom stereocenters. The molecule has 0 bridgehead atoms. The minimum absolute atomic E-state index is 0.245. The van der Waals surface area contributed by atoms with Crippen LogP contribution in [0.1, 0.15) is 45.4 Å². The lowest BCUT2D eigenvalue weighted by Gasteiger charge is -2.39. The van der Waals surface area contributed by atoms with Gasteiger partial charge in [-0.3, -0.25) is 4.79 Å². The van der Waals surface area contributed by atoms with Crippen LogP contribution in [0.4, 0.5) is 0 Å². The van der Waals surface area contributed by atoms with Gasteiger partial charge < -0.3 is 10.2 Å². The SMILES string of the molecule is CC1NCCC1C(=O)N1CCCC2CCCC21. The lowest BCUT2D eigenvalue weighted by atomic mass is 9.89. The Hall–Kier alpha value is -0.570. The largest absolute Gasteiger partial charge is 0.339 e. The average Bonchev–Trinajstić information content (AvgIpc) is 2.95. The zero-order chi connectivity index (χ0) is 11.8.